The van der Waals surface area contributed by atoms with E-state index < -0.39 is 0 Å². The highest BCUT2D eigenvalue weighted by Gasteiger charge is 2.22. The molecule has 0 aliphatic carbocycles. The fraction of sp³-hybridized carbons (Fsp3) is 0. The Morgan fingerprint density at radius 3 is 1.29 bits per heavy atom. The molecule has 0 saturated carbocycles. The zero-order valence-electron chi connectivity index (χ0n) is 32.3. The monoisotopic (exact) mass is 750 g/mol. The summed E-state index contributed by atoms with van der Waals surface area (Å²) >= 11 is 0. The van der Waals surface area contributed by atoms with Gasteiger partial charge in [-0.2, -0.15) is 0 Å². The number of hydrogen-bond acceptors (Lipinski definition) is 1. The van der Waals surface area contributed by atoms with Crippen LogP contribution in [0.5, 0.6) is 0 Å². The molecule has 1 heterocycles. The summed E-state index contributed by atoms with van der Waals surface area (Å²) in [5.74, 6) is 0.926. The number of para-hydroxylation sites is 1. The second-order valence-corrected chi connectivity index (χ2v) is 15.1. The molecule has 0 unspecified atom stereocenters. The van der Waals surface area contributed by atoms with Gasteiger partial charge in [0.05, 0.1) is 11.0 Å². The molecule has 1 aromatic heterocycles. The van der Waals surface area contributed by atoms with Gasteiger partial charge in [0, 0.05) is 11.3 Å². The van der Waals surface area contributed by atoms with Gasteiger partial charge in [0.25, 0.3) is 0 Å². The van der Waals surface area contributed by atoms with E-state index in [1.54, 1.807) is 0 Å². The Labute approximate surface area is 344 Å². The van der Waals surface area contributed by atoms with Gasteiger partial charge in [-0.25, -0.2) is 4.98 Å². The molecule has 0 radical (unpaired) electrons. The van der Waals surface area contributed by atoms with Crippen molar-refractivity contribution in [3.8, 4) is 72.7 Å². The molecular weight excluding hydrogens is 713 g/mol. The number of hydrogen-bond donors (Lipinski definition) is 0. The third-order valence-corrected chi connectivity index (χ3v) is 11.6. The van der Waals surface area contributed by atoms with E-state index in [-0.39, 0.29) is 0 Å². The Morgan fingerprint density at radius 1 is 0.288 bits per heavy atom. The molecule has 0 aliphatic rings. The van der Waals surface area contributed by atoms with Crippen molar-refractivity contribution in [1.29, 1.82) is 0 Å². The van der Waals surface area contributed by atoms with Crippen molar-refractivity contribution in [2.75, 3.05) is 0 Å². The molecule has 11 rings (SSSR count). The summed E-state index contributed by atoms with van der Waals surface area (Å²) in [5.41, 5.74) is 16.2. The molecule has 11 aromatic rings. The van der Waals surface area contributed by atoms with Crippen LogP contribution >= 0.6 is 0 Å². The average molecular weight is 751 g/mol. The highest BCUT2D eigenvalue weighted by atomic mass is 15.1. The first-order valence-electron chi connectivity index (χ1n) is 20.2. The lowest BCUT2D eigenvalue weighted by Gasteiger charge is -2.21. The Bertz CT molecular complexity index is 3290. The van der Waals surface area contributed by atoms with Crippen LogP contribution in [0.4, 0.5) is 0 Å². The highest BCUT2D eigenvalue weighted by Crippen LogP contribution is 2.48. The van der Waals surface area contributed by atoms with Crippen molar-refractivity contribution in [2.45, 2.75) is 0 Å². The largest absolute Gasteiger partial charge is 0.292 e. The van der Waals surface area contributed by atoms with Gasteiger partial charge in [-0.1, -0.05) is 200 Å². The molecule has 59 heavy (non-hydrogen) atoms. The predicted octanol–water partition coefficient (Wildman–Crippen LogP) is 15.3. The minimum atomic E-state index is 0.926. The average Bonchev–Trinajstić information content (AvgIpc) is 3.71. The summed E-state index contributed by atoms with van der Waals surface area (Å²) in [6, 6.07) is 83.1. The predicted molar refractivity (Wildman–Crippen MR) is 249 cm³/mol. The topological polar surface area (TPSA) is 17.8 Å². The van der Waals surface area contributed by atoms with Crippen molar-refractivity contribution in [1.82, 2.24) is 9.55 Å². The molecule has 0 aliphatic heterocycles. The van der Waals surface area contributed by atoms with Crippen LogP contribution in [0.3, 0.4) is 0 Å². The van der Waals surface area contributed by atoms with Crippen LogP contribution in [-0.2, 0) is 0 Å². The van der Waals surface area contributed by atoms with E-state index in [1.165, 1.54) is 66.1 Å². The molecule has 0 N–H and O–H groups in total. The first kappa shape index (κ1) is 34.4. The van der Waals surface area contributed by atoms with Gasteiger partial charge in [-0.3, -0.25) is 4.57 Å². The lowest BCUT2D eigenvalue weighted by molar-refractivity contribution is 1.10. The maximum Gasteiger partial charge on any atom is 0.145 e. The molecule has 0 fully saturated rings. The Morgan fingerprint density at radius 2 is 0.712 bits per heavy atom. The van der Waals surface area contributed by atoms with Crippen LogP contribution in [0.25, 0.3) is 105 Å². The number of imidazole rings is 1. The van der Waals surface area contributed by atoms with Crippen LogP contribution in [0.2, 0.25) is 0 Å². The third-order valence-electron chi connectivity index (χ3n) is 11.6. The minimum absolute atomic E-state index is 0.926. The lowest BCUT2D eigenvalue weighted by Crippen LogP contribution is -1.97. The minimum Gasteiger partial charge on any atom is -0.292 e. The number of benzene rings is 10. The van der Waals surface area contributed by atoms with Crippen molar-refractivity contribution in [3.63, 3.8) is 0 Å². The van der Waals surface area contributed by atoms with E-state index in [1.807, 2.05) is 0 Å². The van der Waals surface area contributed by atoms with Crippen LogP contribution in [0.15, 0.2) is 231 Å². The highest BCUT2D eigenvalue weighted by molar-refractivity contribution is 6.24. The van der Waals surface area contributed by atoms with Crippen molar-refractivity contribution in [2.24, 2.45) is 0 Å². The zero-order chi connectivity index (χ0) is 39.1. The number of nitrogens with zero attached hydrogens (tertiary/aromatic N) is 2. The fourth-order valence-corrected chi connectivity index (χ4v) is 8.96. The molecule has 0 spiro atoms. The quantitative estimate of drug-likeness (QED) is 0.148. The Balaban J connectivity index is 1.20. The molecule has 2 nitrogen and oxygen atoms in total. The van der Waals surface area contributed by atoms with Gasteiger partial charge in [-0.05, 0) is 108 Å². The van der Waals surface area contributed by atoms with Gasteiger partial charge in [0.15, 0.2) is 0 Å². The summed E-state index contributed by atoms with van der Waals surface area (Å²) in [7, 11) is 0. The zero-order valence-corrected chi connectivity index (χ0v) is 32.3. The normalized spacial score (nSPS) is 11.4. The Hall–Kier alpha value is -7.81. The Kier molecular flexibility index (Phi) is 8.52. The summed E-state index contributed by atoms with van der Waals surface area (Å²) in [6.07, 6.45) is 0. The fourth-order valence-electron chi connectivity index (χ4n) is 8.96. The maximum absolute atomic E-state index is 5.31. The van der Waals surface area contributed by atoms with E-state index in [0.29, 0.717) is 0 Å². The van der Waals surface area contributed by atoms with E-state index in [9.17, 15) is 0 Å². The van der Waals surface area contributed by atoms with E-state index in [0.717, 1.165) is 39.2 Å². The summed E-state index contributed by atoms with van der Waals surface area (Å²) in [6.45, 7) is 0. The standard InChI is InChI=1S/C57H38N2/c1-5-19-39(20-6-1)45-27-13-15-29-47(45)55-49-31-17-18-32-50(49)56(48-30-16-14-28-46(48)40-21-7-2-8-22-40)52-37-42(33-35-51(52)55)43-34-36-54-53(38-43)58-57(41-23-9-3-10-24-41)59(54)44-25-11-4-12-26-44/h1-38H. The second-order valence-electron chi connectivity index (χ2n) is 15.1. The summed E-state index contributed by atoms with van der Waals surface area (Å²) < 4.78 is 2.27. The van der Waals surface area contributed by atoms with E-state index >= 15 is 0 Å². The lowest BCUT2D eigenvalue weighted by atomic mass is 9.81. The molecule has 0 atom stereocenters. The van der Waals surface area contributed by atoms with Gasteiger partial charge < -0.3 is 0 Å². The number of rotatable bonds is 7. The number of fused-ring (bicyclic) bond motifs is 3. The first-order valence-corrected chi connectivity index (χ1v) is 20.2. The van der Waals surface area contributed by atoms with E-state index in [2.05, 4.69) is 235 Å². The van der Waals surface area contributed by atoms with Crippen molar-refractivity contribution in [3.05, 3.63) is 231 Å². The first-order chi connectivity index (χ1) is 29.3. The van der Waals surface area contributed by atoms with Crippen LogP contribution in [0, 0.1) is 0 Å². The van der Waals surface area contributed by atoms with Crippen molar-refractivity contribution < 1.29 is 0 Å². The maximum atomic E-state index is 5.31. The molecule has 10 aromatic carbocycles. The summed E-state index contributed by atoms with van der Waals surface area (Å²) in [4.78, 5) is 5.31. The van der Waals surface area contributed by atoms with Crippen molar-refractivity contribution >= 4 is 32.6 Å². The SMILES string of the molecule is c1ccc(-c2ccccc2-c2c3ccccc3c(-c3ccccc3-c3ccccc3)c3cc(-c4ccc5c(c4)nc(-c4ccccc4)n5-c4ccccc4)ccc23)cc1. The smallest absolute Gasteiger partial charge is 0.145 e. The molecule has 0 amide bonds. The molecular formula is C57H38N2. The van der Waals surface area contributed by atoms with Gasteiger partial charge in [0.1, 0.15) is 5.82 Å². The van der Waals surface area contributed by atoms with Crippen LogP contribution < -0.4 is 0 Å². The van der Waals surface area contributed by atoms with E-state index in [4.69, 9.17) is 4.98 Å². The molecule has 276 valence electrons. The third kappa shape index (κ3) is 6.02. The summed E-state index contributed by atoms with van der Waals surface area (Å²) in [5, 5.41) is 4.88. The van der Waals surface area contributed by atoms with Gasteiger partial charge >= 0.3 is 0 Å². The number of aromatic nitrogens is 2. The van der Waals surface area contributed by atoms with Gasteiger partial charge in [0.2, 0.25) is 0 Å². The van der Waals surface area contributed by atoms with Gasteiger partial charge in [-0.15, -0.1) is 0 Å². The molecule has 2 heteroatoms. The molecule has 0 bridgehead atoms. The van der Waals surface area contributed by atoms with Crippen LogP contribution in [-0.4, -0.2) is 9.55 Å². The second kappa shape index (κ2) is 14.6. The molecule has 0 saturated heterocycles. The van der Waals surface area contributed by atoms with Crippen LogP contribution in [0.1, 0.15) is 0 Å².